The Labute approximate surface area is 89.0 Å². The van der Waals surface area contributed by atoms with Crippen molar-refractivity contribution in [3.63, 3.8) is 0 Å². The Morgan fingerprint density at radius 1 is 1.43 bits per heavy atom. The van der Waals surface area contributed by atoms with E-state index in [9.17, 15) is 0 Å². The third kappa shape index (κ3) is 3.12. The van der Waals surface area contributed by atoms with Gasteiger partial charge in [-0.2, -0.15) is 0 Å². The molecule has 0 aromatic carbocycles. The topological polar surface area (TPSA) is 0 Å². The molecule has 0 aromatic rings. The van der Waals surface area contributed by atoms with Gasteiger partial charge in [0.05, 0.1) is 0 Å². The van der Waals surface area contributed by atoms with Crippen LogP contribution in [0.25, 0.3) is 0 Å². The van der Waals surface area contributed by atoms with Crippen LogP contribution in [0.3, 0.4) is 0 Å². The average molecular weight is 204 g/mol. The van der Waals surface area contributed by atoms with Crippen molar-refractivity contribution in [2.24, 2.45) is 0 Å². The largest absolute Gasteiger partial charge is 0.106 e. The minimum atomic E-state index is 1.09. The van der Waals surface area contributed by atoms with Crippen molar-refractivity contribution in [2.45, 2.75) is 19.8 Å². The van der Waals surface area contributed by atoms with Crippen LogP contribution in [0.15, 0.2) is 59.5 Å². The van der Waals surface area contributed by atoms with E-state index in [2.05, 4.69) is 47.5 Å². The van der Waals surface area contributed by atoms with Gasteiger partial charge >= 0.3 is 0 Å². The highest BCUT2D eigenvalue weighted by Gasteiger charge is 2.04. The van der Waals surface area contributed by atoms with Crippen molar-refractivity contribution in [1.82, 2.24) is 0 Å². The summed E-state index contributed by atoms with van der Waals surface area (Å²) in [5, 5.41) is 1.09. The fourth-order valence-corrected chi connectivity index (χ4v) is 1.56. The molecule has 0 spiro atoms. The summed E-state index contributed by atoms with van der Waals surface area (Å²) in [5.41, 5.74) is 3.87. The van der Waals surface area contributed by atoms with Gasteiger partial charge in [-0.15, -0.1) is 9.24 Å². The predicted molar refractivity (Wildman–Crippen MR) is 68.2 cm³/mol. The van der Waals surface area contributed by atoms with Crippen molar-refractivity contribution in [3.05, 3.63) is 59.5 Å². The van der Waals surface area contributed by atoms with Crippen molar-refractivity contribution >= 4 is 9.24 Å². The first-order valence-electron chi connectivity index (χ1n) is 4.78. The molecular formula is C13H17P. The van der Waals surface area contributed by atoms with Crippen molar-refractivity contribution in [3.8, 4) is 0 Å². The number of allylic oxidation sites excluding steroid dienone is 8. The van der Waals surface area contributed by atoms with Crippen LogP contribution in [0, 0.1) is 0 Å². The first-order chi connectivity index (χ1) is 6.63. The minimum Gasteiger partial charge on any atom is -0.106 e. The molecule has 1 aliphatic rings. The summed E-state index contributed by atoms with van der Waals surface area (Å²) in [5.74, 6) is 0. The van der Waals surface area contributed by atoms with Crippen LogP contribution >= 0.6 is 9.24 Å². The summed E-state index contributed by atoms with van der Waals surface area (Å²) >= 11 is 0. The second-order valence-electron chi connectivity index (χ2n) is 3.58. The third-order valence-electron chi connectivity index (χ3n) is 2.35. The molecule has 1 unspecified atom stereocenters. The van der Waals surface area contributed by atoms with Gasteiger partial charge in [0, 0.05) is 0 Å². The quantitative estimate of drug-likeness (QED) is 0.478. The van der Waals surface area contributed by atoms with Crippen molar-refractivity contribution < 1.29 is 0 Å². The summed E-state index contributed by atoms with van der Waals surface area (Å²) in [6.45, 7) is 9.93. The minimum absolute atomic E-state index is 1.09. The van der Waals surface area contributed by atoms with E-state index in [1.54, 1.807) is 0 Å². The van der Waals surface area contributed by atoms with Crippen LogP contribution in [0.2, 0.25) is 0 Å². The van der Waals surface area contributed by atoms with Gasteiger partial charge < -0.3 is 0 Å². The first kappa shape index (κ1) is 11.2. The lowest BCUT2D eigenvalue weighted by Crippen LogP contribution is -1.92. The van der Waals surface area contributed by atoms with Gasteiger partial charge in [0.2, 0.25) is 0 Å². The molecule has 0 aliphatic heterocycles. The standard InChI is InChI=1S/C13H17P/c1-4-13(14)9-11(3)12-7-5-10(2)6-8-12/h4-5,7,9H,1,3,6,8,14H2,2H3/b13-9+. The maximum atomic E-state index is 4.06. The molecule has 14 heavy (non-hydrogen) atoms. The third-order valence-corrected chi connectivity index (χ3v) is 2.75. The molecule has 1 rings (SSSR count). The molecular weight excluding hydrogens is 187 g/mol. The van der Waals surface area contributed by atoms with Crippen molar-refractivity contribution in [2.75, 3.05) is 0 Å². The van der Waals surface area contributed by atoms with Crippen LogP contribution < -0.4 is 0 Å². The highest BCUT2D eigenvalue weighted by molar-refractivity contribution is 7.22. The summed E-state index contributed by atoms with van der Waals surface area (Å²) in [6, 6.07) is 0. The fraction of sp³-hybridized carbons (Fsp3) is 0.231. The number of rotatable bonds is 3. The zero-order valence-electron chi connectivity index (χ0n) is 8.72. The van der Waals surface area contributed by atoms with E-state index in [4.69, 9.17) is 0 Å². The molecule has 0 fully saturated rings. The molecule has 0 radical (unpaired) electrons. The molecule has 0 aromatic heterocycles. The van der Waals surface area contributed by atoms with Crippen LogP contribution in [0.1, 0.15) is 19.8 Å². The fourth-order valence-electron chi connectivity index (χ4n) is 1.36. The molecule has 0 saturated heterocycles. The number of hydrogen-bond acceptors (Lipinski definition) is 0. The molecule has 1 heteroatoms. The van der Waals surface area contributed by atoms with Crippen LogP contribution in [0.5, 0.6) is 0 Å². The molecule has 0 bridgehead atoms. The lowest BCUT2D eigenvalue weighted by Gasteiger charge is -2.12. The van der Waals surface area contributed by atoms with Crippen LogP contribution in [-0.2, 0) is 0 Å². The zero-order valence-corrected chi connectivity index (χ0v) is 9.87. The lowest BCUT2D eigenvalue weighted by atomic mass is 9.94. The Hall–Kier alpha value is -0.870. The Bertz CT molecular complexity index is 340. The molecule has 0 heterocycles. The summed E-state index contributed by atoms with van der Waals surface area (Å²) < 4.78 is 0. The van der Waals surface area contributed by atoms with E-state index in [1.165, 1.54) is 11.1 Å². The maximum Gasteiger partial charge on any atom is -0.0236 e. The Morgan fingerprint density at radius 3 is 2.64 bits per heavy atom. The van der Waals surface area contributed by atoms with E-state index < -0.39 is 0 Å². The Balaban J connectivity index is 2.77. The van der Waals surface area contributed by atoms with Gasteiger partial charge in [-0.25, -0.2) is 0 Å². The monoisotopic (exact) mass is 204 g/mol. The Morgan fingerprint density at radius 2 is 2.14 bits per heavy atom. The van der Waals surface area contributed by atoms with Gasteiger partial charge in [-0.05, 0) is 42.3 Å². The molecule has 1 atom stereocenters. The summed E-state index contributed by atoms with van der Waals surface area (Å²) in [7, 11) is 2.64. The number of hydrogen-bond donors (Lipinski definition) is 0. The molecule has 74 valence electrons. The van der Waals surface area contributed by atoms with Gasteiger partial charge in [0.1, 0.15) is 0 Å². The summed E-state index contributed by atoms with van der Waals surface area (Å²) in [4.78, 5) is 0. The van der Waals surface area contributed by atoms with Crippen LogP contribution in [0.4, 0.5) is 0 Å². The molecule has 0 amide bonds. The highest BCUT2D eigenvalue weighted by Crippen LogP contribution is 2.25. The molecule has 0 N–H and O–H groups in total. The predicted octanol–water partition coefficient (Wildman–Crippen LogP) is 4.15. The second-order valence-corrected chi connectivity index (χ2v) is 4.25. The van der Waals surface area contributed by atoms with E-state index in [0.717, 1.165) is 23.7 Å². The first-order valence-corrected chi connectivity index (χ1v) is 5.36. The van der Waals surface area contributed by atoms with Crippen LogP contribution in [-0.4, -0.2) is 0 Å². The SMILES string of the molecule is C=C/C(P)=C\C(=C)C1=CC=C(C)CC1. The van der Waals surface area contributed by atoms with E-state index in [1.807, 2.05) is 6.08 Å². The van der Waals surface area contributed by atoms with Gasteiger partial charge in [-0.3, -0.25) is 0 Å². The van der Waals surface area contributed by atoms with E-state index in [0.29, 0.717) is 0 Å². The zero-order chi connectivity index (χ0) is 10.6. The van der Waals surface area contributed by atoms with E-state index >= 15 is 0 Å². The smallest absolute Gasteiger partial charge is 0.0236 e. The van der Waals surface area contributed by atoms with Crippen molar-refractivity contribution in [1.29, 1.82) is 0 Å². The van der Waals surface area contributed by atoms with E-state index in [-0.39, 0.29) is 0 Å². The normalized spacial score (nSPS) is 17.1. The second kappa shape index (κ2) is 5.12. The van der Waals surface area contributed by atoms with Gasteiger partial charge in [0.15, 0.2) is 0 Å². The Kier molecular flexibility index (Phi) is 4.10. The highest BCUT2D eigenvalue weighted by atomic mass is 31.0. The maximum absolute atomic E-state index is 4.06. The summed E-state index contributed by atoms with van der Waals surface area (Å²) in [6.07, 6.45) is 10.5. The van der Waals surface area contributed by atoms with Gasteiger partial charge in [-0.1, -0.05) is 37.0 Å². The molecule has 0 saturated carbocycles. The van der Waals surface area contributed by atoms with Gasteiger partial charge in [0.25, 0.3) is 0 Å². The average Bonchev–Trinajstić information content (AvgIpc) is 2.18. The molecule has 0 nitrogen and oxygen atoms in total. The molecule has 1 aliphatic carbocycles. The lowest BCUT2D eigenvalue weighted by molar-refractivity contribution is 0.919.